The largest absolute Gasteiger partial charge is 0.315 e. The summed E-state index contributed by atoms with van der Waals surface area (Å²) in [5.41, 5.74) is 0.410. The van der Waals surface area contributed by atoms with E-state index in [9.17, 15) is 13.2 Å². The number of sulfonamides is 1. The number of thiazole rings is 1. The summed E-state index contributed by atoms with van der Waals surface area (Å²) in [6.07, 6.45) is 3.32. The van der Waals surface area contributed by atoms with E-state index in [2.05, 4.69) is 9.71 Å². The number of hydrogen-bond acceptors (Lipinski definition) is 4. The zero-order valence-corrected chi connectivity index (χ0v) is 11.5. The lowest BCUT2D eigenvalue weighted by Gasteiger charge is -2.31. The molecule has 0 saturated heterocycles. The molecule has 1 unspecified atom stereocenters. The predicted octanol–water partition coefficient (Wildman–Crippen LogP) is 1.21. The number of H-pyrrole nitrogens is 1. The minimum Gasteiger partial charge on any atom is -0.315 e. The van der Waals surface area contributed by atoms with Crippen LogP contribution in [-0.2, 0) is 10.0 Å². The third-order valence-corrected chi connectivity index (χ3v) is 6.39. The topological polar surface area (TPSA) is 79.0 Å². The Morgan fingerprint density at radius 2 is 2.12 bits per heavy atom. The Kier molecular flexibility index (Phi) is 3.42. The van der Waals surface area contributed by atoms with Crippen LogP contribution >= 0.6 is 11.3 Å². The van der Waals surface area contributed by atoms with Crippen LogP contribution in [0.25, 0.3) is 0 Å². The molecule has 17 heavy (non-hydrogen) atoms. The maximum atomic E-state index is 12.1. The van der Waals surface area contributed by atoms with Crippen molar-refractivity contribution in [1.82, 2.24) is 9.71 Å². The summed E-state index contributed by atoms with van der Waals surface area (Å²) in [6, 6.07) is -0.0645. The number of aromatic amines is 1. The molecule has 2 rings (SSSR count). The molecule has 1 heterocycles. The van der Waals surface area contributed by atoms with Gasteiger partial charge in [-0.2, -0.15) is 0 Å². The maximum Gasteiger partial charge on any atom is 0.305 e. The molecule has 0 aromatic carbocycles. The van der Waals surface area contributed by atoms with Crippen LogP contribution in [0.1, 0.15) is 31.9 Å². The molecule has 5 nitrogen and oxygen atoms in total. The van der Waals surface area contributed by atoms with E-state index in [-0.39, 0.29) is 15.1 Å². The van der Waals surface area contributed by atoms with Crippen molar-refractivity contribution in [2.75, 3.05) is 0 Å². The first-order valence-electron chi connectivity index (χ1n) is 5.62. The first-order valence-corrected chi connectivity index (χ1v) is 7.92. The second-order valence-corrected chi connectivity index (χ2v) is 7.42. The molecule has 1 aromatic heterocycles. The predicted molar refractivity (Wildman–Crippen MR) is 66.8 cm³/mol. The van der Waals surface area contributed by atoms with Gasteiger partial charge in [-0.1, -0.05) is 17.8 Å². The minimum atomic E-state index is -3.55. The quantitative estimate of drug-likeness (QED) is 0.867. The van der Waals surface area contributed by atoms with Gasteiger partial charge in [0, 0.05) is 11.7 Å². The van der Waals surface area contributed by atoms with Crippen molar-refractivity contribution < 1.29 is 8.42 Å². The SMILES string of the molecule is Cc1[nH]c(=O)sc1S(=O)(=O)NC(C)C1CCC1. The summed E-state index contributed by atoms with van der Waals surface area (Å²) < 4.78 is 26.9. The van der Waals surface area contributed by atoms with E-state index in [1.54, 1.807) is 6.92 Å². The monoisotopic (exact) mass is 276 g/mol. The number of aromatic nitrogens is 1. The summed E-state index contributed by atoms with van der Waals surface area (Å²) in [7, 11) is -3.55. The molecule has 1 saturated carbocycles. The van der Waals surface area contributed by atoms with Gasteiger partial charge in [-0.15, -0.1) is 0 Å². The molecule has 1 aliphatic rings. The molecule has 0 amide bonds. The molecule has 1 atom stereocenters. The van der Waals surface area contributed by atoms with E-state index < -0.39 is 10.0 Å². The summed E-state index contributed by atoms with van der Waals surface area (Å²) in [5.74, 6) is 0.431. The minimum absolute atomic E-state index is 0.0645. The van der Waals surface area contributed by atoms with Crippen molar-refractivity contribution in [3.05, 3.63) is 15.4 Å². The second kappa shape index (κ2) is 4.55. The van der Waals surface area contributed by atoms with Gasteiger partial charge in [0.25, 0.3) is 10.0 Å². The van der Waals surface area contributed by atoms with E-state index >= 15 is 0 Å². The van der Waals surface area contributed by atoms with E-state index in [1.807, 2.05) is 6.92 Å². The van der Waals surface area contributed by atoms with E-state index in [0.29, 0.717) is 11.6 Å². The third-order valence-electron chi connectivity index (χ3n) is 3.22. The standard InChI is InChI=1S/C10H16N2O3S2/c1-6(8-4-3-5-8)12-17(14,15)9-7(2)11-10(13)16-9/h6,8,12H,3-5H2,1-2H3,(H,11,13). The van der Waals surface area contributed by atoms with Crippen LogP contribution in [-0.4, -0.2) is 19.4 Å². The number of rotatable bonds is 4. The Balaban J connectivity index is 2.18. The molecule has 96 valence electrons. The van der Waals surface area contributed by atoms with E-state index in [0.717, 1.165) is 24.2 Å². The van der Waals surface area contributed by atoms with Crippen LogP contribution < -0.4 is 9.60 Å². The van der Waals surface area contributed by atoms with E-state index in [4.69, 9.17) is 0 Å². The zero-order valence-electron chi connectivity index (χ0n) is 9.82. The number of nitrogens with one attached hydrogen (secondary N) is 2. The fourth-order valence-electron chi connectivity index (χ4n) is 1.98. The maximum absolute atomic E-state index is 12.1. The Morgan fingerprint density at radius 3 is 2.53 bits per heavy atom. The highest BCUT2D eigenvalue weighted by Crippen LogP contribution is 2.30. The summed E-state index contributed by atoms with van der Waals surface area (Å²) in [4.78, 5) is 13.3. The number of aryl methyl sites for hydroxylation is 1. The highest BCUT2D eigenvalue weighted by molar-refractivity contribution is 7.91. The normalized spacial score (nSPS) is 18.9. The van der Waals surface area contributed by atoms with E-state index in [1.165, 1.54) is 6.42 Å². The summed E-state index contributed by atoms with van der Waals surface area (Å²) in [6.45, 7) is 3.48. The van der Waals surface area contributed by atoms with Gasteiger partial charge >= 0.3 is 4.87 Å². The molecule has 7 heteroatoms. The fraction of sp³-hybridized carbons (Fsp3) is 0.700. The Morgan fingerprint density at radius 1 is 1.47 bits per heavy atom. The molecule has 1 aromatic rings. The highest BCUT2D eigenvalue weighted by Gasteiger charge is 2.29. The summed E-state index contributed by atoms with van der Waals surface area (Å²) in [5, 5.41) is 0. The Bertz CT molecular complexity index is 554. The molecule has 0 spiro atoms. The molecule has 0 bridgehead atoms. The van der Waals surface area contributed by atoms with Crippen LogP contribution in [0.3, 0.4) is 0 Å². The van der Waals surface area contributed by atoms with Crippen LogP contribution in [0, 0.1) is 12.8 Å². The van der Waals surface area contributed by atoms with Crippen LogP contribution in [0.15, 0.2) is 9.00 Å². The van der Waals surface area contributed by atoms with Gasteiger partial charge < -0.3 is 4.98 Å². The fourth-order valence-corrected chi connectivity index (χ4v) is 4.61. The molecular weight excluding hydrogens is 260 g/mol. The van der Waals surface area contributed by atoms with Crippen molar-refractivity contribution in [2.24, 2.45) is 5.92 Å². The Labute approximate surface area is 104 Å². The smallest absolute Gasteiger partial charge is 0.305 e. The average molecular weight is 276 g/mol. The lowest BCUT2D eigenvalue weighted by atomic mass is 9.81. The molecule has 2 N–H and O–H groups in total. The van der Waals surface area contributed by atoms with Gasteiger partial charge in [-0.25, -0.2) is 13.1 Å². The zero-order chi connectivity index (χ0) is 12.6. The van der Waals surface area contributed by atoms with Gasteiger partial charge in [-0.3, -0.25) is 4.79 Å². The van der Waals surface area contributed by atoms with Gasteiger partial charge in [-0.05, 0) is 32.6 Å². The first kappa shape index (κ1) is 12.8. The van der Waals surface area contributed by atoms with Crippen molar-refractivity contribution in [1.29, 1.82) is 0 Å². The summed E-state index contributed by atoms with van der Waals surface area (Å²) >= 11 is 0.739. The lowest BCUT2D eigenvalue weighted by Crippen LogP contribution is -2.40. The van der Waals surface area contributed by atoms with Gasteiger partial charge in [0.05, 0.1) is 0 Å². The Hall–Kier alpha value is -0.660. The lowest BCUT2D eigenvalue weighted by molar-refractivity contribution is 0.260. The molecule has 0 aliphatic heterocycles. The second-order valence-electron chi connectivity index (χ2n) is 4.53. The molecule has 1 fully saturated rings. The van der Waals surface area contributed by atoms with Crippen LogP contribution in [0.5, 0.6) is 0 Å². The van der Waals surface area contributed by atoms with Crippen molar-refractivity contribution in [3.8, 4) is 0 Å². The average Bonchev–Trinajstić information content (AvgIpc) is 2.41. The van der Waals surface area contributed by atoms with Gasteiger partial charge in [0.15, 0.2) is 4.21 Å². The van der Waals surface area contributed by atoms with Crippen molar-refractivity contribution in [2.45, 2.75) is 43.4 Å². The molecule has 0 radical (unpaired) electrons. The third kappa shape index (κ3) is 2.61. The number of hydrogen-bond donors (Lipinski definition) is 2. The van der Waals surface area contributed by atoms with Crippen molar-refractivity contribution >= 4 is 21.4 Å². The first-order chi connectivity index (χ1) is 7.90. The van der Waals surface area contributed by atoms with Crippen LogP contribution in [0.2, 0.25) is 0 Å². The highest BCUT2D eigenvalue weighted by atomic mass is 32.2. The van der Waals surface area contributed by atoms with Crippen molar-refractivity contribution in [3.63, 3.8) is 0 Å². The van der Waals surface area contributed by atoms with Crippen LogP contribution in [0.4, 0.5) is 0 Å². The van der Waals surface area contributed by atoms with Gasteiger partial charge in [0.2, 0.25) is 0 Å². The van der Waals surface area contributed by atoms with Gasteiger partial charge in [0.1, 0.15) is 0 Å². The molecular formula is C10H16N2O3S2. The molecule has 1 aliphatic carbocycles.